The first-order valence-electron chi connectivity index (χ1n) is 18.9. The van der Waals surface area contributed by atoms with E-state index in [1.165, 1.54) is 142 Å². The molecule has 2 unspecified atom stereocenters. The van der Waals surface area contributed by atoms with Crippen molar-refractivity contribution >= 4 is 99.1 Å². The lowest BCUT2D eigenvalue weighted by atomic mass is 9.91. The van der Waals surface area contributed by atoms with Crippen LogP contribution < -0.4 is 0 Å². The molecule has 0 radical (unpaired) electrons. The molecular weight excluding hydrogens is 717 g/mol. The van der Waals surface area contributed by atoms with Gasteiger partial charge >= 0.3 is 0 Å². The van der Waals surface area contributed by atoms with Gasteiger partial charge in [-0.1, -0.05) is 115 Å². The third-order valence-electron chi connectivity index (χ3n) is 10.8. The predicted octanol–water partition coefficient (Wildman–Crippen LogP) is 15.9. The van der Waals surface area contributed by atoms with Crippen LogP contribution in [0.25, 0.3) is 71.9 Å². The van der Waals surface area contributed by atoms with Crippen LogP contribution in [0.1, 0.15) is 90.2 Å². The number of thiophene rings is 4. The zero-order valence-corrected chi connectivity index (χ0v) is 34.2. The summed E-state index contributed by atoms with van der Waals surface area (Å²) in [7, 11) is 0. The van der Waals surface area contributed by atoms with Gasteiger partial charge in [0, 0.05) is 50.1 Å². The lowest BCUT2D eigenvalue weighted by Crippen LogP contribution is -2.03. The molecule has 8 rings (SSSR count). The molecule has 0 saturated heterocycles. The Hall–Kier alpha value is -2.94. The van der Waals surface area contributed by atoms with Crippen molar-refractivity contribution in [3.05, 3.63) is 83.2 Å². The largest absolute Gasteiger partial charge is 0.173 e. The summed E-state index contributed by atoms with van der Waals surface area (Å²) in [6, 6.07) is 25.7. The molecule has 0 saturated carbocycles. The number of nitrogens with zero attached hydrogens (tertiary/aromatic N) is 2. The van der Waals surface area contributed by atoms with E-state index in [9.17, 15) is 0 Å². The average Bonchev–Trinajstić information content (AvgIpc) is 4.00. The minimum atomic E-state index is 0.701. The van der Waals surface area contributed by atoms with Gasteiger partial charge < -0.3 is 0 Å². The fourth-order valence-corrected chi connectivity index (χ4v) is 13.1. The average molecular weight is 763 g/mol. The SMILES string of the molecule is CCCCC(CC)Cc1ccsc1-c1cc2ccc3c(ccc4cc(-c5sc(-c6cccc7nsnc67)cc5CC(CC)CCCC)sc43)c2s1. The van der Waals surface area contributed by atoms with Gasteiger partial charge in [-0.25, -0.2) is 0 Å². The van der Waals surface area contributed by atoms with Crippen molar-refractivity contribution in [3.63, 3.8) is 0 Å². The van der Waals surface area contributed by atoms with Crippen molar-refractivity contribution in [3.8, 4) is 29.9 Å². The van der Waals surface area contributed by atoms with Gasteiger partial charge in [0.25, 0.3) is 0 Å². The van der Waals surface area contributed by atoms with Crippen LogP contribution in [-0.4, -0.2) is 8.75 Å². The molecule has 3 aromatic carbocycles. The van der Waals surface area contributed by atoms with E-state index in [1.807, 2.05) is 45.3 Å². The van der Waals surface area contributed by atoms with Crippen molar-refractivity contribution in [2.75, 3.05) is 0 Å². The molecule has 0 bridgehead atoms. The molecule has 5 aromatic heterocycles. The van der Waals surface area contributed by atoms with Crippen molar-refractivity contribution in [1.29, 1.82) is 0 Å². The molecule has 7 heteroatoms. The Morgan fingerprint density at radius 1 is 0.608 bits per heavy atom. The fraction of sp³-hybridized carbons (Fsp3) is 0.364. The Labute approximate surface area is 322 Å². The molecule has 2 atom stereocenters. The highest BCUT2D eigenvalue weighted by Gasteiger charge is 2.21. The maximum Gasteiger partial charge on any atom is 0.113 e. The predicted molar refractivity (Wildman–Crippen MR) is 232 cm³/mol. The molecule has 51 heavy (non-hydrogen) atoms. The third kappa shape index (κ3) is 6.97. The van der Waals surface area contributed by atoms with E-state index in [-0.39, 0.29) is 0 Å². The van der Waals surface area contributed by atoms with Crippen molar-refractivity contribution in [1.82, 2.24) is 8.75 Å². The van der Waals surface area contributed by atoms with E-state index in [0.29, 0.717) is 5.92 Å². The van der Waals surface area contributed by atoms with Crippen LogP contribution >= 0.6 is 57.1 Å². The molecule has 0 N–H and O–H groups in total. The zero-order chi connectivity index (χ0) is 34.9. The van der Waals surface area contributed by atoms with Gasteiger partial charge in [-0.05, 0) is 82.3 Å². The number of rotatable bonds is 15. The normalized spacial score (nSPS) is 13.3. The summed E-state index contributed by atoms with van der Waals surface area (Å²) < 4.78 is 12.1. The summed E-state index contributed by atoms with van der Waals surface area (Å²) in [4.78, 5) is 7.04. The molecular formula is C44H46N2S5. The molecule has 0 aliphatic heterocycles. The molecule has 0 spiro atoms. The number of hydrogen-bond acceptors (Lipinski definition) is 7. The second-order valence-electron chi connectivity index (χ2n) is 14.2. The maximum atomic E-state index is 4.71. The van der Waals surface area contributed by atoms with Gasteiger partial charge in [-0.2, -0.15) is 8.75 Å². The Bertz CT molecular complexity index is 2420. The van der Waals surface area contributed by atoms with Crippen molar-refractivity contribution < 1.29 is 0 Å². The van der Waals surface area contributed by atoms with Gasteiger partial charge in [-0.3, -0.25) is 0 Å². The molecule has 5 heterocycles. The van der Waals surface area contributed by atoms with E-state index in [4.69, 9.17) is 4.37 Å². The highest BCUT2D eigenvalue weighted by Crippen LogP contribution is 2.48. The summed E-state index contributed by atoms with van der Waals surface area (Å²) in [5.74, 6) is 1.48. The maximum absolute atomic E-state index is 4.71. The van der Waals surface area contributed by atoms with Gasteiger partial charge in [0.1, 0.15) is 11.0 Å². The van der Waals surface area contributed by atoms with Crippen molar-refractivity contribution in [2.45, 2.75) is 91.9 Å². The number of hydrogen-bond donors (Lipinski definition) is 0. The first-order valence-corrected chi connectivity index (χ1v) is 22.9. The number of unbranched alkanes of at least 4 members (excludes halogenated alkanes) is 2. The Kier molecular flexibility index (Phi) is 10.7. The van der Waals surface area contributed by atoms with Crippen LogP contribution in [-0.2, 0) is 12.8 Å². The lowest BCUT2D eigenvalue weighted by Gasteiger charge is -2.14. The molecule has 262 valence electrons. The summed E-state index contributed by atoms with van der Waals surface area (Å²) in [5.41, 5.74) is 6.26. The van der Waals surface area contributed by atoms with E-state index in [2.05, 4.69) is 104 Å². The Balaban J connectivity index is 1.19. The second-order valence-corrected chi connectivity index (χ2v) is 18.8. The quantitative estimate of drug-likeness (QED) is 0.104. The minimum Gasteiger partial charge on any atom is -0.173 e. The number of fused-ring (bicyclic) bond motifs is 6. The first-order chi connectivity index (χ1) is 25.1. The van der Waals surface area contributed by atoms with E-state index >= 15 is 0 Å². The second kappa shape index (κ2) is 15.6. The van der Waals surface area contributed by atoms with E-state index in [1.54, 1.807) is 0 Å². The van der Waals surface area contributed by atoms with Gasteiger partial charge in [0.15, 0.2) is 0 Å². The van der Waals surface area contributed by atoms with Crippen LogP contribution in [0, 0.1) is 11.8 Å². The molecule has 8 aromatic rings. The third-order valence-corrected chi connectivity index (χ3v) is 16.3. The molecule has 2 nitrogen and oxygen atoms in total. The first kappa shape index (κ1) is 35.1. The zero-order valence-electron chi connectivity index (χ0n) is 30.1. The highest BCUT2D eigenvalue weighted by molar-refractivity contribution is 7.28. The summed E-state index contributed by atoms with van der Waals surface area (Å²) in [6.45, 7) is 9.35. The lowest BCUT2D eigenvalue weighted by molar-refractivity contribution is 0.450. The standard InChI is InChI=1S/C44H46N2S5/c1-5-9-12-27(7-3)22-31-20-21-47-43(31)38-24-29-16-18-34-33(41(29)49-38)19-17-30-25-39(50-42(30)34)44-32(23-28(8-4)13-10-6-2)26-37(48-44)35-14-11-15-36-40(35)46-51-45-36/h11,14-21,24-28H,5-10,12-13,22-23H2,1-4H3. The molecule has 0 aliphatic carbocycles. The van der Waals surface area contributed by atoms with Crippen molar-refractivity contribution in [2.24, 2.45) is 11.8 Å². The van der Waals surface area contributed by atoms with E-state index in [0.717, 1.165) is 23.4 Å². The highest BCUT2D eigenvalue weighted by atomic mass is 32.1. The molecule has 0 aliphatic rings. The topological polar surface area (TPSA) is 25.8 Å². The fourth-order valence-electron chi connectivity index (χ4n) is 7.77. The molecule has 0 amide bonds. The van der Waals surface area contributed by atoms with Gasteiger partial charge in [0.05, 0.1) is 11.7 Å². The van der Waals surface area contributed by atoms with Crippen LogP contribution in [0.5, 0.6) is 0 Å². The summed E-state index contributed by atoms with van der Waals surface area (Å²) in [5, 5.41) is 7.79. The van der Waals surface area contributed by atoms with Crippen LogP contribution in [0.2, 0.25) is 0 Å². The Morgan fingerprint density at radius 2 is 1.25 bits per heavy atom. The van der Waals surface area contributed by atoms with Crippen LogP contribution in [0.3, 0.4) is 0 Å². The summed E-state index contributed by atoms with van der Waals surface area (Å²) in [6.07, 6.45) is 12.6. The molecule has 0 fully saturated rings. The number of aromatic nitrogens is 2. The van der Waals surface area contributed by atoms with Gasteiger partial charge in [-0.15, -0.1) is 45.3 Å². The van der Waals surface area contributed by atoms with Crippen LogP contribution in [0.4, 0.5) is 0 Å². The van der Waals surface area contributed by atoms with Crippen LogP contribution in [0.15, 0.2) is 72.1 Å². The summed E-state index contributed by atoms with van der Waals surface area (Å²) >= 11 is 9.15. The smallest absolute Gasteiger partial charge is 0.113 e. The minimum absolute atomic E-state index is 0.701. The monoisotopic (exact) mass is 762 g/mol. The number of benzene rings is 3. The Morgan fingerprint density at radius 3 is 1.90 bits per heavy atom. The van der Waals surface area contributed by atoms with E-state index < -0.39 is 0 Å². The van der Waals surface area contributed by atoms with Gasteiger partial charge in [0.2, 0.25) is 0 Å².